The molecule has 0 aliphatic rings. The Kier molecular flexibility index (Phi) is 4.65. The van der Waals surface area contributed by atoms with E-state index in [4.69, 9.17) is 23.2 Å². The average Bonchev–Trinajstić information content (AvgIpc) is 2.66. The Bertz CT molecular complexity index is 583. The van der Waals surface area contributed by atoms with Crippen LogP contribution >= 0.6 is 23.2 Å². The van der Waals surface area contributed by atoms with E-state index in [0.29, 0.717) is 29.6 Å². The monoisotopic (exact) mass is 304 g/mol. The summed E-state index contributed by atoms with van der Waals surface area (Å²) in [5.74, 6) is 2.00. The maximum absolute atomic E-state index is 11.2. The van der Waals surface area contributed by atoms with E-state index >= 15 is 0 Å². The number of hydrogen-bond acceptors (Lipinski definition) is 2. The Morgan fingerprint density at radius 1 is 1.44 bits per heavy atom. The van der Waals surface area contributed by atoms with E-state index in [1.807, 2.05) is 22.8 Å². The molecule has 1 aromatic heterocycles. The lowest BCUT2D eigenvalue weighted by Gasteiger charge is -2.08. The topological polar surface area (TPSA) is 34.9 Å². The molecule has 0 aliphatic carbocycles. The minimum absolute atomic E-state index is 0.510. The number of imidazole rings is 1. The number of halogens is 2. The third kappa shape index (κ3) is 2.87. The van der Waals surface area contributed by atoms with Gasteiger partial charge in [0.25, 0.3) is 0 Å². The first-order valence-corrected chi connectivity index (χ1v) is 8.27. The Hall–Kier alpha value is -0.580. The fourth-order valence-corrected chi connectivity index (χ4v) is 2.81. The molecular formula is C12H14Cl2N2OS. The van der Waals surface area contributed by atoms with E-state index in [1.54, 1.807) is 6.26 Å². The van der Waals surface area contributed by atoms with Crippen molar-refractivity contribution in [1.82, 2.24) is 9.55 Å². The van der Waals surface area contributed by atoms with Crippen molar-refractivity contribution in [2.75, 3.05) is 17.9 Å². The third-order valence-electron chi connectivity index (χ3n) is 2.72. The Labute approximate surface area is 119 Å². The molecule has 1 unspecified atom stereocenters. The van der Waals surface area contributed by atoms with Crippen molar-refractivity contribution in [2.45, 2.75) is 13.0 Å². The molecule has 2 rings (SSSR count). The molecule has 0 saturated heterocycles. The van der Waals surface area contributed by atoms with Gasteiger partial charge in [-0.2, -0.15) is 0 Å². The molecule has 0 fully saturated rings. The summed E-state index contributed by atoms with van der Waals surface area (Å²) < 4.78 is 13.3. The first-order chi connectivity index (χ1) is 8.63. The van der Waals surface area contributed by atoms with Gasteiger partial charge in [0.15, 0.2) is 0 Å². The van der Waals surface area contributed by atoms with Crippen molar-refractivity contribution in [1.29, 1.82) is 0 Å². The van der Waals surface area contributed by atoms with Crippen LogP contribution in [0.2, 0.25) is 5.02 Å². The highest BCUT2D eigenvalue weighted by Crippen LogP contribution is 2.25. The molecule has 0 N–H and O–H groups in total. The largest absolute Gasteiger partial charge is 0.326 e. The van der Waals surface area contributed by atoms with Gasteiger partial charge in [-0.15, -0.1) is 11.6 Å². The van der Waals surface area contributed by atoms with Crippen molar-refractivity contribution < 1.29 is 4.21 Å². The van der Waals surface area contributed by atoms with Gasteiger partial charge >= 0.3 is 0 Å². The van der Waals surface area contributed by atoms with E-state index in [-0.39, 0.29) is 0 Å². The van der Waals surface area contributed by atoms with Crippen molar-refractivity contribution >= 4 is 45.0 Å². The molecule has 1 aromatic carbocycles. The number of nitrogens with zero attached hydrogens (tertiary/aromatic N) is 2. The van der Waals surface area contributed by atoms with Gasteiger partial charge in [-0.05, 0) is 12.1 Å². The number of benzene rings is 1. The van der Waals surface area contributed by atoms with Gasteiger partial charge in [0.1, 0.15) is 5.82 Å². The molecule has 0 bridgehead atoms. The van der Waals surface area contributed by atoms with Crippen LogP contribution in [0.4, 0.5) is 0 Å². The summed E-state index contributed by atoms with van der Waals surface area (Å²) in [4.78, 5) is 4.54. The van der Waals surface area contributed by atoms with Crippen LogP contribution in [0.25, 0.3) is 11.0 Å². The lowest BCUT2D eigenvalue weighted by Crippen LogP contribution is -2.10. The summed E-state index contributed by atoms with van der Waals surface area (Å²) >= 11 is 12.0. The molecular weight excluding hydrogens is 291 g/mol. The molecule has 1 heterocycles. The van der Waals surface area contributed by atoms with E-state index < -0.39 is 10.8 Å². The molecule has 3 nitrogen and oxygen atoms in total. The summed E-state index contributed by atoms with van der Waals surface area (Å²) in [5.41, 5.74) is 1.77. The van der Waals surface area contributed by atoms with E-state index in [0.717, 1.165) is 16.9 Å². The number of aryl methyl sites for hydroxylation is 2. The number of para-hydroxylation sites is 1. The number of fused-ring (bicyclic) bond motifs is 1. The van der Waals surface area contributed by atoms with Crippen molar-refractivity contribution in [3.8, 4) is 0 Å². The van der Waals surface area contributed by atoms with Gasteiger partial charge < -0.3 is 4.57 Å². The SMILES string of the molecule is CS(=O)CCn1c(CCCl)nc2cccc(Cl)c21. The minimum atomic E-state index is -0.837. The summed E-state index contributed by atoms with van der Waals surface area (Å²) in [5, 5.41) is 0.669. The molecule has 0 spiro atoms. The number of aromatic nitrogens is 2. The molecule has 6 heteroatoms. The predicted molar refractivity (Wildman–Crippen MR) is 78.1 cm³/mol. The second kappa shape index (κ2) is 6.04. The van der Waals surface area contributed by atoms with Crippen LogP contribution in [0, 0.1) is 0 Å². The van der Waals surface area contributed by atoms with Crippen LogP contribution in [-0.4, -0.2) is 31.6 Å². The molecule has 18 heavy (non-hydrogen) atoms. The molecule has 2 aromatic rings. The average molecular weight is 305 g/mol. The molecule has 0 aliphatic heterocycles. The summed E-state index contributed by atoms with van der Waals surface area (Å²) in [7, 11) is -0.837. The Balaban J connectivity index is 2.50. The van der Waals surface area contributed by atoms with Gasteiger partial charge in [0.05, 0.1) is 16.1 Å². The minimum Gasteiger partial charge on any atom is -0.326 e. The maximum Gasteiger partial charge on any atom is 0.111 e. The van der Waals surface area contributed by atoms with Crippen LogP contribution in [0.3, 0.4) is 0 Å². The van der Waals surface area contributed by atoms with E-state index in [1.165, 1.54) is 0 Å². The highest BCUT2D eigenvalue weighted by Gasteiger charge is 2.13. The third-order valence-corrected chi connectivity index (χ3v) is 3.97. The van der Waals surface area contributed by atoms with Crippen molar-refractivity contribution in [2.24, 2.45) is 0 Å². The zero-order chi connectivity index (χ0) is 13.1. The van der Waals surface area contributed by atoms with Crippen LogP contribution in [0.5, 0.6) is 0 Å². The second-order valence-electron chi connectivity index (χ2n) is 4.00. The predicted octanol–water partition coefficient (Wildman–Crippen LogP) is 2.85. The van der Waals surface area contributed by atoms with Crippen molar-refractivity contribution in [3.63, 3.8) is 0 Å². The summed E-state index contributed by atoms with van der Waals surface area (Å²) in [6, 6.07) is 5.65. The smallest absolute Gasteiger partial charge is 0.111 e. The number of rotatable bonds is 5. The van der Waals surface area contributed by atoms with E-state index in [9.17, 15) is 4.21 Å². The zero-order valence-electron chi connectivity index (χ0n) is 10.0. The quantitative estimate of drug-likeness (QED) is 0.796. The number of alkyl halides is 1. The molecule has 98 valence electrons. The highest BCUT2D eigenvalue weighted by molar-refractivity contribution is 7.84. The Morgan fingerprint density at radius 3 is 2.89 bits per heavy atom. The summed E-state index contributed by atoms with van der Waals surface area (Å²) in [6.07, 6.45) is 2.38. The Morgan fingerprint density at radius 2 is 2.22 bits per heavy atom. The maximum atomic E-state index is 11.2. The molecule has 0 radical (unpaired) electrons. The standard InChI is InChI=1S/C12H14Cl2N2OS/c1-18(17)8-7-16-11(5-6-13)15-10-4-2-3-9(14)12(10)16/h2-4H,5-8H2,1H3. The van der Waals surface area contributed by atoms with Crippen LogP contribution in [-0.2, 0) is 23.8 Å². The van der Waals surface area contributed by atoms with Crippen molar-refractivity contribution in [3.05, 3.63) is 29.0 Å². The van der Waals surface area contributed by atoms with Gasteiger partial charge in [0.2, 0.25) is 0 Å². The molecule has 0 saturated carbocycles. The summed E-state index contributed by atoms with van der Waals surface area (Å²) in [6.45, 7) is 0.648. The lowest BCUT2D eigenvalue weighted by molar-refractivity contribution is 0.674. The van der Waals surface area contributed by atoms with Gasteiger partial charge in [-0.1, -0.05) is 17.7 Å². The van der Waals surface area contributed by atoms with Gasteiger partial charge in [0, 0.05) is 41.7 Å². The normalized spacial score (nSPS) is 13.1. The molecule has 1 atom stereocenters. The molecule has 0 amide bonds. The number of hydrogen-bond donors (Lipinski definition) is 0. The van der Waals surface area contributed by atoms with Gasteiger partial charge in [-0.25, -0.2) is 4.98 Å². The second-order valence-corrected chi connectivity index (χ2v) is 6.34. The fraction of sp³-hybridized carbons (Fsp3) is 0.417. The van der Waals surface area contributed by atoms with Crippen LogP contribution in [0.1, 0.15) is 5.82 Å². The fourth-order valence-electron chi connectivity index (χ4n) is 1.93. The van der Waals surface area contributed by atoms with Crippen LogP contribution < -0.4 is 0 Å². The van der Waals surface area contributed by atoms with Gasteiger partial charge in [-0.3, -0.25) is 4.21 Å². The first-order valence-electron chi connectivity index (χ1n) is 5.63. The highest BCUT2D eigenvalue weighted by atomic mass is 35.5. The lowest BCUT2D eigenvalue weighted by atomic mass is 10.3. The zero-order valence-corrected chi connectivity index (χ0v) is 12.4. The van der Waals surface area contributed by atoms with Crippen LogP contribution in [0.15, 0.2) is 18.2 Å². The first kappa shape index (κ1) is 13.8. The van der Waals surface area contributed by atoms with E-state index in [2.05, 4.69) is 4.98 Å².